The normalized spacial score (nSPS) is 15.7. The Bertz CT molecular complexity index is 637. The Balaban J connectivity index is 1.55. The Labute approximate surface area is 135 Å². The van der Waals surface area contributed by atoms with Crippen LogP contribution in [-0.4, -0.2) is 60.4 Å². The molecule has 0 saturated carbocycles. The molecule has 3 rings (SSSR count). The van der Waals surface area contributed by atoms with Crippen molar-refractivity contribution in [3.05, 3.63) is 42.0 Å². The van der Waals surface area contributed by atoms with E-state index in [2.05, 4.69) is 25.0 Å². The second kappa shape index (κ2) is 6.87. The molecule has 2 aromatic heterocycles. The lowest BCUT2D eigenvalue weighted by Gasteiger charge is -2.35. The maximum Gasteiger partial charge on any atom is 0.151 e. The van der Waals surface area contributed by atoms with Crippen LogP contribution in [0.25, 0.3) is 0 Å². The van der Waals surface area contributed by atoms with Crippen molar-refractivity contribution in [1.29, 1.82) is 0 Å². The van der Waals surface area contributed by atoms with Crippen molar-refractivity contribution in [2.24, 2.45) is 0 Å². The van der Waals surface area contributed by atoms with Gasteiger partial charge in [-0.05, 0) is 23.8 Å². The Hall–Kier alpha value is -2.28. The number of pyridine rings is 1. The van der Waals surface area contributed by atoms with Crippen molar-refractivity contribution < 1.29 is 4.39 Å². The van der Waals surface area contributed by atoms with E-state index in [0.29, 0.717) is 0 Å². The zero-order valence-electron chi connectivity index (χ0n) is 13.5. The summed E-state index contributed by atoms with van der Waals surface area (Å²) in [7, 11) is 3.90. The van der Waals surface area contributed by atoms with E-state index in [0.717, 1.165) is 49.9 Å². The predicted molar refractivity (Wildman–Crippen MR) is 88.0 cm³/mol. The van der Waals surface area contributed by atoms with Crippen molar-refractivity contribution in [1.82, 2.24) is 20.1 Å². The molecule has 0 spiro atoms. The molecule has 1 saturated heterocycles. The Morgan fingerprint density at radius 2 is 1.87 bits per heavy atom. The van der Waals surface area contributed by atoms with E-state index in [4.69, 9.17) is 0 Å². The van der Waals surface area contributed by atoms with E-state index in [-0.39, 0.29) is 5.82 Å². The standard InChI is InChI=1S/C16H21FN6/c1-21(2)15-3-4-16(20-19-15)23-7-5-22(6-8-23)12-13-9-14(17)11-18-10-13/h3-4,9-11H,5-8,12H2,1-2H3. The maximum absolute atomic E-state index is 13.2. The lowest BCUT2D eigenvalue weighted by atomic mass is 10.2. The van der Waals surface area contributed by atoms with Crippen LogP contribution >= 0.6 is 0 Å². The zero-order valence-corrected chi connectivity index (χ0v) is 13.5. The highest BCUT2D eigenvalue weighted by Crippen LogP contribution is 2.16. The lowest BCUT2D eigenvalue weighted by Crippen LogP contribution is -2.46. The van der Waals surface area contributed by atoms with E-state index in [1.807, 2.05) is 31.1 Å². The molecule has 3 heterocycles. The van der Waals surface area contributed by atoms with E-state index < -0.39 is 0 Å². The molecule has 0 atom stereocenters. The van der Waals surface area contributed by atoms with Gasteiger partial charge in [0.25, 0.3) is 0 Å². The van der Waals surface area contributed by atoms with Crippen molar-refractivity contribution in [3.63, 3.8) is 0 Å². The molecular weight excluding hydrogens is 295 g/mol. The van der Waals surface area contributed by atoms with Gasteiger partial charge >= 0.3 is 0 Å². The van der Waals surface area contributed by atoms with Crippen LogP contribution in [0.1, 0.15) is 5.56 Å². The van der Waals surface area contributed by atoms with Gasteiger partial charge in [0.15, 0.2) is 11.6 Å². The molecule has 23 heavy (non-hydrogen) atoms. The number of halogens is 1. The van der Waals surface area contributed by atoms with Crippen LogP contribution in [0.3, 0.4) is 0 Å². The minimum atomic E-state index is -0.280. The lowest BCUT2D eigenvalue weighted by molar-refractivity contribution is 0.248. The highest BCUT2D eigenvalue weighted by molar-refractivity contribution is 5.44. The van der Waals surface area contributed by atoms with Gasteiger partial charge in [0.05, 0.1) is 6.20 Å². The van der Waals surface area contributed by atoms with Crippen molar-refractivity contribution in [2.75, 3.05) is 50.1 Å². The van der Waals surface area contributed by atoms with Gasteiger partial charge < -0.3 is 9.80 Å². The first-order valence-corrected chi connectivity index (χ1v) is 7.69. The van der Waals surface area contributed by atoms with Gasteiger partial charge in [-0.25, -0.2) is 4.39 Å². The largest absolute Gasteiger partial charge is 0.361 e. The van der Waals surface area contributed by atoms with E-state index in [9.17, 15) is 4.39 Å². The summed E-state index contributed by atoms with van der Waals surface area (Å²) in [6, 6.07) is 5.53. The molecule has 1 aliphatic heterocycles. The fourth-order valence-electron chi connectivity index (χ4n) is 2.66. The topological polar surface area (TPSA) is 48.4 Å². The van der Waals surface area contributed by atoms with Gasteiger partial charge in [-0.1, -0.05) is 0 Å². The van der Waals surface area contributed by atoms with Gasteiger partial charge in [0, 0.05) is 53.0 Å². The number of piperazine rings is 1. The summed E-state index contributed by atoms with van der Waals surface area (Å²) in [6.45, 7) is 4.32. The maximum atomic E-state index is 13.2. The van der Waals surface area contributed by atoms with Gasteiger partial charge in [-0.2, -0.15) is 0 Å². The number of hydrogen-bond donors (Lipinski definition) is 0. The molecule has 1 aliphatic rings. The second-order valence-corrected chi connectivity index (χ2v) is 5.92. The number of nitrogens with zero attached hydrogens (tertiary/aromatic N) is 6. The summed E-state index contributed by atoms with van der Waals surface area (Å²) in [5.74, 6) is 1.48. The van der Waals surface area contributed by atoms with Crippen LogP contribution < -0.4 is 9.80 Å². The Kier molecular flexibility index (Phi) is 4.66. The van der Waals surface area contributed by atoms with Gasteiger partial charge in [0.1, 0.15) is 5.82 Å². The molecule has 0 aliphatic carbocycles. The summed E-state index contributed by atoms with van der Waals surface area (Å²) in [6.07, 6.45) is 2.96. The quantitative estimate of drug-likeness (QED) is 0.850. The van der Waals surface area contributed by atoms with E-state index in [1.54, 1.807) is 12.3 Å². The third-order valence-corrected chi connectivity index (χ3v) is 3.96. The molecule has 2 aromatic rings. The molecular formula is C16H21FN6. The number of aromatic nitrogens is 3. The predicted octanol–water partition coefficient (Wildman–Crippen LogP) is 1.40. The summed E-state index contributed by atoms with van der Waals surface area (Å²) in [4.78, 5) is 10.4. The second-order valence-electron chi connectivity index (χ2n) is 5.92. The van der Waals surface area contributed by atoms with Crippen LogP contribution in [0, 0.1) is 5.82 Å². The van der Waals surface area contributed by atoms with Gasteiger partial charge in [-0.15, -0.1) is 10.2 Å². The van der Waals surface area contributed by atoms with Gasteiger partial charge in [-0.3, -0.25) is 9.88 Å². The molecule has 1 fully saturated rings. The van der Waals surface area contributed by atoms with Crippen LogP contribution in [0.15, 0.2) is 30.6 Å². The molecule has 0 unspecified atom stereocenters. The Morgan fingerprint density at radius 3 is 2.48 bits per heavy atom. The van der Waals surface area contributed by atoms with Crippen LogP contribution in [-0.2, 0) is 6.54 Å². The van der Waals surface area contributed by atoms with Crippen molar-refractivity contribution in [3.8, 4) is 0 Å². The summed E-state index contributed by atoms with van der Waals surface area (Å²) >= 11 is 0. The molecule has 7 heteroatoms. The molecule has 122 valence electrons. The molecule has 0 amide bonds. The monoisotopic (exact) mass is 316 g/mol. The summed E-state index contributed by atoms with van der Waals surface area (Å²) < 4.78 is 13.2. The number of anilines is 2. The average Bonchev–Trinajstić information content (AvgIpc) is 2.56. The third-order valence-electron chi connectivity index (χ3n) is 3.96. The van der Waals surface area contributed by atoms with Gasteiger partial charge in [0.2, 0.25) is 0 Å². The summed E-state index contributed by atoms with van der Waals surface area (Å²) in [5, 5.41) is 8.52. The number of hydrogen-bond acceptors (Lipinski definition) is 6. The average molecular weight is 316 g/mol. The van der Waals surface area contributed by atoms with Crippen LogP contribution in [0.2, 0.25) is 0 Å². The first-order chi connectivity index (χ1) is 11.1. The first-order valence-electron chi connectivity index (χ1n) is 7.69. The minimum absolute atomic E-state index is 0.280. The zero-order chi connectivity index (χ0) is 16.2. The summed E-state index contributed by atoms with van der Waals surface area (Å²) in [5.41, 5.74) is 0.911. The highest BCUT2D eigenvalue weighted by Gasteiger charge is 2.18. The number of rotatable bonds is 4. The van der Waals surface area contributed by atoms with Crippen molar-refractivity contribution in [2.45, 2.75) is 6.54 Å². The molecule has 0 aromatic carbocycles. The Morgan fingerprint density at radius 1 is 1.09 bits per heavy atom. The fourth-order valence-corrected chi connectivity index (χ4v) is 2.66. The minimum Gasteiger partial charge on any atom is -0.361 e. The fraction of sp³-hybridized carbons (Fsp3) is 0.438. The smallest absolute Gasteiger partial charge is 0.151 e. The third kappa shape index (κ3) is 3.92. The van der Waals surface area contributed by atoms with Crippen LogP contribution in [0.5, 0.6) is 0 Å². The molecule has 0 N–H and O–H groups in total. The van der Waals surface area contributed by atoms with Crippen LogP contribution in [0.4, 0.5) is 16.0 Å². The van der Waals surface area contributed by atoms with Crippen molar-refractivity contribution >= 4 is 11.6 Å². The molecule has 0 bridgehead atoms. The SMILES string of the molecule is CN(C)c1ccc(N2CCN(Cc3cncc(F)c3)CC2)nn1. The van der Waals surface area contributed by atoms with E-state index >= 15 is 0 Å². The molecule has 0 radical (unpaired) electrons. The highest BCUT2D eigenvalue weighted by atomic mass is 19.1. The van der Waals surface area contributed by atoms with E-state index in [1.165, 1.54) is 6.20 Å². The first kappa shape index (κ1) is 15.6. The molecule has 6 nitrogen and oxygen atoms in total.